The molecule has 2 aromatic carbocycles. The van der Waals surface area contributed by atoms with E-state index in [0.717, 1.165) is 34.2 Å². The zero-order chi connectivity index (χ0) is 26.0. The van der Waals surface area contributed by atoms with Crippen molar-refractivity contribution >= 4 is 33.9 Å². The summed E-state index contributed by atoms with van der Waals surface area (Å²) in [6.45, 7) is 4.67. The van der Waals surface area contributed by atoms with Gasteiger partial charge in [0, 0.05) is 31.3 Å². The van der Waals surface area contributed by atoms with Crippen molar-refractivity contribution in [1.82, 2.24) is 14.9 Å². The van der Waals surface area contributed by atoms with Gasteiger partial charge in [0.2, 0.25) is 5.91 Å². The molecule has 0 saturated carbocycles. The predicted octanol–water partition coefficient (Wildman–Crippen LogP) is 4.97. The summed E-state index contributed by atoms with van der Waals surface area (Å²) >= 11 is 0. The van der Waals surface area contributed by atoms with Gasteiger partial charge in [-0.25, -0.2) is 9.97 Å². The minimum atomic E-state index is -4.49. The molecule has 0 bridgehead atoms. The number of nitrogens with zero attached hydrogens (tertiary/aromatic N) is 3. The third-order valence-electron chi connectivity index (χ3n) is 6.17. The highest BCUT2D eigenvalue weighted by molar-refractivity contribution is 5.92. The Hall–Kier alpha value is -3.66. The second kappa shape index (κ2) is 10.1. The molecule has 190 valence electrons. The molecule has 7 nitrogen and oxygen atoms in total. The van der Waals surface area contributed by atoms with Gasteiger partial charge in [0.1, 0.15) is 18.2 Å². The number of aryl methyl sites for hydroxylation is 1. The number of nitrogens with two attached hydrogens (primary N) is 1. The van der Waals surface area contributed by atoms with Crippen LogP contribution in [-0.2, 0) is 15.7 Å². The number of rotatable bonds is 6. The van der Waals surface area contributed by atoms with Gasteiger partial charge in [0.25, 0.3) is 0 Å². The van der Waals surface area contributed by atoms with Crippen LogP contribution >= 0.6 is 0 Å². The number of hydrogen-bond acceptors (Lipinski definition) is 6. The quantitative estimate of drug-likeness (QED) is 0.465. The predicted molar refractivity (Wildman–Crippen MR) is 133 cm³/mol. The molecule has 10 heteroatoms. The highest BCUT2D eigenvalue weighted by Gasteiger charge is 2.31. The number of methoxy groups -OCH3 is 1. The maximum absolute atomic E-state index is 13.3. The van der Waals surface area contributed by atoms with Crippen molar-refractivity contribution in [1.29, 1.82) is 0 Å². The number of alkyl halides is 3. The molecule has 1 aliphatic heterocycles. The van der Waals surface area contributed by atoms with E-state index in [-0.39, 0.29) is 18.2 Å². The summed E-state index contributed by atoms with van der Waals surface area (Å²) in [5.74, 6) is 1.01. The van der Waals surface area contributed by atoms with Crippen molar-refractivity contribution < 1.29 is 22.7 Å². The Morgan fingerprint density at radius 2 is 2.00 bits per heavy atom. The summed E-state index contributed by atoms with van der Waals surface area (Å²) < 4.78 is 44.8. The summed E-state index contributed by atoms with van der Waals surface area (Å²) in [4.78, 5) is 22.9. The zero-order valence-corrected chi connectivity index (χ0v) is 20.3. The minimum absolute atomic E-state index is 0.0433. The lowest BCUT2D eigenvalue weighted by Crippen LogP contribution is -2.36. The highest BCUT2D eigenvalue weighted by Crippen LogP contribution is 2.34. The molecule has 0 spiro atoms. The van der Waals surface area contributed by atoms with Crippen molar-refractivity contribution in [2.24, 2.45) is 0 Å². The Morgan fingerprint density at radius 3 is 2.67 bits per heavy atom. The number of fused-ring (bicyclic) bond motifs is 1. The van der Waals surface area contributed by atoms with E-state index in [1.54, 1.807) is 18.7 Å². The standard InChI is InChI=1S/C26H28F3N5O2/c1-15(19-10-20(26(27,28)29)13-21(30)11-19)31-25-22-12-18(4-5-23(22)32-16(2)33-25)17-6-8-34(9-7-17)24(35)14-36-3/h4-6,10-13,15H,7-9,14,30H2,1-3H3,(H,31,32,33)/t15-/m1/s1. The van der Waals surface area contributed by atoms with Gasteiger partial charge in [-0.15, -0.1) is 0 Å². The Balaban J connectivity index is 1.64. The average Bonchev–Trinajstić information content (AvgIpc) is 2.83. The summed E-state index contributed by atoms with van der Waals surface area (Å²) in [6, 6.07) is 8.91. The van der Waals surface area contributed by atoms with Gasteiger partial charge in [0.05, 0.1) is 17.1 Å². The van der Waals surface area contributed by atoms with E-state index in [2.05, 4.69) is 15.3 Å². The van der Waals surface area contributed by atoms with Crippen LogP contribution in [-0.4, -0.2) is 47.6 Å². The van der Waals surface area contributed by atoms with E-state index in [4.69, 9.17) is 10.5 Å². The highest BCUT2D eigenvalue weighted by atomic mass is 19.4. The third kappa shape index (κ3) is 5.59. The number of ether oxygens (including phenoxy) is 1. The van der Waals surface area contributed by atoms with Crippen molar-refractivity contribution in [2.45, 2.75) is 32.5 Å². The summed E-state index contributed by atoms with van der Waals surface area (Å²) in [5, 5.41) is 4.01. The molecule has 1 aliphatic rings. The van der Waals surface area contributed by atoms with Crippen LogP contribution in [0.15, 0.2) is 42.5 Å². The molecular formula is C26H28F3N5O2. The summed E-state index contributed by atoms with van der Waals surface area (Å²) in [7, 11) is 1.50. The second-order valence-electron chi connectivity index (χ2n) is 8.86. The topological polar surface area (TPSA) is 93.4 Å². The van der Waals surface area contributed by atoms with E-state index in [9.17, 15) is 18.0 Å². The molecule has 2 heterocycles. The number of nitrogen functional groups attached to an aromatic ring is 1. The van der Waals surface area contributed by atoms with Crippen LogP contribution in [0, 0.1) is 6.92 Å². The van der Waals surface area contributed by atoms with E-state index >= 15 is 0 Å². The number of halogens is 3. The first-order chi connectivity index (χ1) is 17.0. The SMILES string of the molecule is COCC(=O)N1CC=C(c2ccc3nc(C)nc(N[C@H](C)c4cc(N)cc(C(F)(F)F)c4)c3c2)CC1. The Labute approximate surface area is 207 Å². The molecule has 1 atom stereocenters. The lowest BCUT2D eigenvalue weighted by atomic mass is 9.97. The zero-order valence-electron chi connectivity index (χ0n) is 20.3. The number of carbonyl (C=O) groups excluding carboxylic acids is 1. The van der Waals surface area contributed by atoms with Crippen LogP contribution in [0.2, 0.25) is 0 Å². The fourth-order valence-corrected chi connectivity index (χ4v) is 4.31. The molecule has 0 unspecified atom stereocenters. The number of hydrogen-bond donors (Lipinski definition) is 2. The number of carbonyl (C=O) groups is 1. The second-order valence-corrected chi connectivity index (χ2v) is 8.86. The largest absolute Gasteiger partial charge is 0.416 e. The average molecular weight is 500 g/mol. The monoisotopic (exact) mass is 499 g/mol. The molecule has 4 rings (SSSR count). The normalized spacial score (nSPS) is 15.1. The molecule has 0 saturated heterocycles. The van der Waals surface area contributed by atoms with Crippen LogP contribution in [0.3, 0.4) is 0 Å². The molecule has 36 heavy (non-hydrogen) atoms. The number of aromatic nitrogens is 2. The summed E-state index contributed by atoms with van der Waals surface area (Å²) in [6.07, 6.45) is -1.78. The van der Waals surface area contributed by atoms with Gasteiger partial charge in [-0.2, -0.15) is 13.2 Å². The van der Waals surface area contributed by atoms with Gasteiger partial charge in [-0.05, 0) is 67.3 Å². The third-order valence-corrected chi connectivity index (χ3v) is 6.17. The van der Waals surface area contributed by atoms with E-state index in [1.165, 1.54) is 13.2 Å². The fourth-order valence-electron chi connectivity index (χ4n) is 4.31. The van der Waals surface area contributed by atoms with Crippen molar-refractivity contribution in [2.75, 3.05) is 37.9 Å². The summed E-state index contributed by atoms with van der Waals surface area (Å²) in [5.41, 5.74) is 8.21. The maximum Gasteiger partial charge on any atom is 0.416 e. The van der Waals surface area contributed by atoms with Crippen molar-refractivity contribution in [3.63, 3.8) is 0 Å². The van der Waals surface area contributed by atoms with Crippen LogP contribution in [0.25, 0.3) is 16.5 Å². The maximum atomic E-state index is 13.3. The Morgan fingerprint density at radius 1 is 1.22 bits per heavy atom. The molecule has 3 aromatic rings. The molecule has 0 aliphatic carbocycles. The first-order valence-electron chi connectivity index (χ1n) is 11.5. The Kier molecular flexibility index (Phi) is 7.16. The van der Waals surface area contributed by atoms with Gasteiger partial charge in [-0.3, -0.25) is 4.79 Å². The first-order valence-corrected chi connectivity index (χ1v) is 11.5. The number of anilines is 2. The number of benzene rings is 2. The van der Waals surface area contributed by atoms with Crippen LogP contribution in [0.5, 0.6) is 0 Å². The fraction of sp³-hybridized carbons (Fsp3) is 0.346. The van der Waals surface area contributed by atoms with Crippen molar-refractivity contribution in [3.8, 4) is 0 Å². The molecule has 0 radical (unpaired) electrons. The Bertz CT molecular complexity index is 1320. The molecule has 1 aromatic heterocycles. The number of amides is 1. The minimum Gasteiger partial charge on any atom is -0.399 e. The lowest BCUT2D eigenvalue weighted by molar-refractivity contribution is -0.137. The van der Waals surface area contributed by atoms with E-state index < -0.39 is 17.8 Å². The van der Waals surface area contributed by atoms with E-state index in [1.807, 2.05) is 24.3 Å². The van der Waals surface area contributed by atoms with Crippen molar-refractivity contribution in [3.05, 3.63) is 65.0 Å². The molecule has 1 amide bonds. The van der Waals surface area contributed by atoms with Gasteiger partial charge in [0.15, 0.2) is 0 Å². The smallest absolute Gasteiger partial charge is 0.399 e. The van der Waals surface area contributed by atoms with Gasteiger partial charge >= 0.3 is 6.18 Å². The molecular weight excluding hydrogens is 471 g/mol. The van der Waals surface area contributed by atoms with Crippen LogP contribution in [0.4, 0.5) is 24.7 Å². The molecule has 3 N–H and O–H groups in total. The van der Waals surface area contributed by atoms with E-state index in [0.29, 0.717) is 36.7 Å². The van der Waals surface area contributed by atoms with Crippen LogP contribution < -0.4 is 11.1 Å². The molecule has 0 fully saturated rings. The lowest BCUT2D eigenvalue weighted by Gasteiger charge is -2.26. The van der Waals surface area contributed by atoms with Gasteiger partial charge in [-0.1, -0.05) is 12.1 Å². The van der Waals surface area contributed by atoms with Gasteiger partial charge < -0.3 is 20.7 Å². The number of nitrogens with one attached hydrogen (secondary N) is 1. The van der Waals surface area contributed by atoms with Crippen LogP contribution in [0.1, 0.15) is 41.9 Å². The first kappa shape index (κ1) is 25.4.